The smallest absolute Gasteiger partial charge is 0.222 e. The first-order valence-electron chi connectivity index (χ1n) is 19.2. The average molecular weight is 704 g/mol. The van der Waals surface area contributed by atoms with Gasteiger partial charge < -0.3 is 0 Å². The molecule has 0 aliphatic carbocycles. The second-order valence-electron chi connectivity index (χ2n) is 13.3. The molecule has 3 nitrogen and oxygen atoms in total. The van der Waals surface area contributed by atoms with Gasteiger partial charge >= 0.3 is 0 Å². The van der Waals surface area contributed by atoms with Crippen LogP contribution in [0.15, 0.2) is 146 Å². The highest BCUT2D eigenvalue weighted by atomic mass is 31.2. The van der Waals surface area contributed by atoms with E-state index in [0.717, 1.165) is 72.6 Å². The average Bonchev–Trinajstić information content (AvgIpc) is 3.22. The van der Waals surface area contributed by atoms with Crippen LogP contribution in [0.5, 0.6) is 0 Å². The fourth-order valence-corrected chi connectivity index (χ4v) is 9.15. The number of hydrogen-bond acceptors (Lipinski definition) is 3. The first kappa shape index (κ1) is 36.9. The van der Waals surface area contributed by atoms with Crippen LogP contribution in [0, 0.1) is 0 Å². The maximum Gasteiger partial charge on any atom is 0.222 e. The highest BCUT2D eigenvalue weighted by Crippen LogP contribution is 2.62. The quantitative estimate of drug-likeness (QED) is 0.0986. The number of nitrogens with zero attached hydrogens (tertiary/aromatic N) is 3. The summed E-state index contributed by atoms with van der Waals surface area (Å²) in [6.45, 7) is 13.4. The van der Waals surface area contributed by atoms with E-state index in [4.69, 9.17) is 0 Å². The van der Waals surface area contributed by atoms with E-state index in [2.05, 4.69) is 201 Å². The molecular formula is C48H54N3P. The summed E-state index contributed by atoms with van der Waals surface area (Å²) in [4.78, 5) is 0. The van der Waals surface area contributed by atoms with Gasteiger partial charge in [-0.1, -0.05) is 114 Å². The molecule has 52 heavy (non-hydrogen) atoms. The van der Waals surface area contributed by atoms with Crippen LogP contribution in [0.3, 0.4) is 0 Å². The van der Waals surface area contributed by atoms with E-state index in [1.807, 2.05) is 0 Å². The number of anilines is 6. The Kier molecular flexibility index (Phi) is 12.5. The molecule has 0 heterocycles. The molecule has 0 amide bonds. The maximum absolute atomic E-state index is 2.59. The minimum atomic E-state index is -1.39. The Bertz CT molecular complexity index is 1590. The number of aryl methyl sites for hydroxylation is 6. The van der Waals surface area contributed by atoms with Gasteiger partial charge in [-0.05, 0) is 145 Å². The van der Waals surface area contributed by atoms with Gasteiger partial charge in [-0.15, -0.1) is 0 Å². The monoisotopic (exact) mass is 703 g/mol. The van der Waals surface area contributed by atoms with Crippen LogP contribution in [0.2, 0.25) is 0 Å². The molecule has 0 aliphatic rings. The van der Waals surface area contributed by atoms with Gasteiger partial charge in [0.15, 0.2) is 0 Å². The molecule has 0 atom stereocenters. The summed E-state index contributed by atoms with van der Waals surface area (Å²) in [5.74, 6) is 0. The van der Waals surface area contributed by atoms with Crippen LogP contribution in [0.1, 0.15) is 74.9 Å². The molecule has 4 heteroatoms. The predicted molar refractivity (Wildman–Crippen MR) is 228 cm³/mol. The Morgan fingerprint density at radius 3 is 0.500 bits per heavy atom. The Hall–Kier alpha value is -4.85. The van der Waals surface area contributed by atoms with Crippen molar-refractivity contribution in [2.24, 2.45) is 0 Å². The second-order valence-corrected chi connectivity index (χ2v) is 15.1. The van der Waals surface area contributed by atoms with Crippen molar-refractivity contribution in [3.05, 3.63) is 179 Å². The molecule has 0 saturated carbocycles. The minimum Gasteiger partial charge on any atom is -0.285 e. The summed E-state index contributed by atoms with van der Waals surface area (Å²) in [5, 5.41) is 0. The van der Waals surface area contributed by atoms with Crippen LogP contribution < -0.4 is 14.0 Å². The third-order valence-electron chi connectivity index (χ3n) is 10.1. The zero-order valence-corrected chi connectivity index (χ0v) is 32.8. The molecule has 0 aromatic heterocycles. The molecule has 0 fully saturated rings. The Labute approximate surface area is 314 Å². The van der Waals surface area contributed by atoms with Gasteiger partial charge in [0.25, 0.3) is 0 Å². The Morgan fingerprint density at radius 1 is 0.250 bits per heavy atom. The van der Waals surface area contributed by atoms with Crippen molar-refractivity contribution in [3.8, 4) is 0 Å². The third-order valence-corrected chi connectivity index (χ3v) is 12.5. The lowest BCUT2D eigenvalue weighted by atomic mass is 10.1. The van der Waals surface area contributed by atoms with Crippen molar-refractivity contribution in [2.75, 3.05) is 14.0 Å². The lowest BCUT2D eigenvalue weighted by molar-refractivity contribution is 1.13. The largest absolute Gasteiger partial charge is 0.285 e. The molecule has 0 aliphatic heterocycles. The fourth-order valence-electron chi connectivity index (χ4n) is 6.57. The standard InChI is InChI=1S/C48H54N3P/c1-7-37-13-25-43(26-14-37)49(44-27-15-38(8-2)16-28-44)52(50(45-29-17-39(9-3)18-30-45)46-31-19-40(10-4)20-32-46)51(47-33-21-41(11-5)22-34-47)48-35-23-42(12-6)24-36-48/h13-36H,7-12H2,1-6H3. The molecule has 0 saturated heterocycles. The molecule has 6 aromatic carbocycles. The second kappa shape index (κ2) is 17.6. The van der Waals surface area contributed by atoms with Gasteiger partial charge in [0, 0.05) is 34.1 Å². The van der Waals surface area contributed by atoms with Crippen molar-refractivity contribution in [1.82, 2.24) is 0 Å². The Balaban J connectivity index is 1.72. The van der Waals surface area contributed by atoms with E-state index in [0.29, 0.717) is 0 Å². The normalized spacial score (nSPS) is 11.1. The van der Waals surface area contributed by atoms with E-state index in [1.54, 1.807) is 0 Å². The van der Waals surface area contributed by atoms with Gasteiger partial charge in [0.2, 0.25) is 8.37 Å². The van der Waals surface area contributed by atoms with Crippen LogP contribution in [-0.4, -0.2) is 0 Å². The Morgan fingerprint density at radius 2 is 0.385 bits per heavy atom. The van der Waals surface area contributed by atoms with Gasteiger partial charge in [-0.25, -0.2) is 0 Å². The predicted octanol–water partition coefficient (Wildman–Crippen LogP) is 14.1. The van der Waals surface area contributed by atoms with E-state index < -0.39 is 8.37 Å². The van der Waals surface area contributed by atoms with E-state index in [9.17, 15) is 0 Å². The van der Waals surface area contributed by atoms with Crippen LogP contribution in [0.25, 0.3) is 0 Å². The first-order chi connectivity index (χ1) is 25.5. The third kappa shape index (κ3) is 8.27. The topological polar surface area (TPSA) is 9.72 Å². The molecule has 0 N–H and O–H groups in total. The lowest BCUT2D eigenvalue weighted by Gasteiger charge is -2.47. The van der Waals surface area contributed by atoms with Gasteiger partial charge in [0.05, 0.1) is 0 Å². The minimum absolute atomic E-state index is 1.000. The SMILES string of the molecule is CCc1ccc(N(c2ccc(CC)cc2)P(N(c2ccc(CC)cc2)c2ccc(CC)cc2)N(c2ccc(CC)cc2)c2ccc(CC)cc2)cc1. The van der Waals surface area contributed by atoms with Gasteiger partial charge in [0.1, 0.15) is 0 Å². The van der Waals surface area contributed by atoms with Crippen LogP contribution >= 0.6 is 8.37 Å². The van der Waals surface area contributed by atoms with Crippen molar-refractivity contribution in [1.29, 1.82) is 0 Å². The zero-order chi connectivity index (χ0) is 36.5. The molecular weight excluding hydrogens is 650 g/mol. The van der Waals surface area contributed by atoms with E-state index in [1.165, 1.54) is 33.4 Å². The van der Waals surface area contributed by atoms with Crippen molar-refractivity contribution < 1.29 is 0 Å². The van der Waals surface area contributed by atoms with Crippen molar-refractivity contribution in [3.63, 3.8) is 0 Å². The molecule has 0 bridgehead atoms. The molecule has 6 aromatic rings. The van der Waals surface area contributed by atoms with E-state index >= 15 is 0 Å². The zero-order valence-electron chi connectivity index (χ0n) is 31.9. The van der Waals surface area contributed by atoms with Crippen molar-refractivity contribution >= 4 is 42.5 Å². The molecule has 6 rings (SSSR count). The van der Waals surface area contributed by atoms with E-state index in [-0.39, 0.29) is 0 Å². The number of rotatable bonds is 15. The summed E-state index contributed by atoms with van der Waals surface area (Å²) < 4.78 is 7.78. The molecule has 0 spiro atoms. The summed E-state index contributed by atoms with van der Waals surface area (Å²) in [6.07, 6.45) is 6.00. The van der Waals surface area contributed by atoms with Crippen molar-refractivity contribution in [2.45, 2.75) is 80.1 Å². The highest BCUT2D eigenvalue weighted by molar-refractivity contribution is 7.64. The summed E-state index contributed by atoms with van der Waals surface area (Å²) in [7, 11) is -1.39. The van der Waals surface area contributed by atoms with Gasteiger partial charge in [-0.3, -0.25) is 14.0 Å². The maximum atomic E-state index is 2.59. The summed E-state index contributed by atoms with van der Waals surface area (Å²) in [5.41, 5.74) is 15.0. The highest BCUT2D eigenvalue weighted by Gasteiger charge is 2.37. The molecule has 0 radical (unpaired) electrons. The number of benzene rings is 6. The number of hydrogen-bond donors (Lipinski definition) is 0. The van der Waals surface area contributed by atoms with Gasteiger partial charge in [-0.2, -0.15) is 0 Å². The molecule has 0 unspecified atom stereocenters. The first-order valence-corrected chi connectivity index (χ1v) is 20.4. The molecule has 266 valence electrons. The summed E-state index contributed by atoms with van der Waals surface area (Å²) in [6, 6.07) is 55.4. The lowest BCUT2D eigenvalue weighted by Crippen LogP contribution is -2.32. The summed E-state index contributed by atoms with van der Waals surface area (Å²) >= 11 is 0. The fraction of sp³-hybridized carbons (Fsp3) is 0.250. The van der Waals surface area contributed by atoms with Crippen LogP contribution in [0.4, 0.5) is 34.1 Å². The van der Waals surface area contributed by atoms with Crippen LogP contribution in [-0.2, 0) is 38.5 Å².